The Bertz CT molecular complexity index is 558. The van der Waals surface area contributed by atoms with Crippen molar-refractivity contribution in [3.63, 3.8) is 0 Å². The molecule has 1 heterocycles. The van der Waals surface area contributed by atoms with Crippen LogP contribution in [0.4, 0.5) is 0 Å². The fourth-order valence-corrected chi connectivity index (χ4v) is 2.81. The van der Waals surface area contributed by atoms with E-state index in [0.717, 1.165) is 11.4 Å². The highest BCUT2D eigenvalue weighted by Gasteiger charge is 2.22. The van der Waals surface area contributed by atoms with Crippen molar-refractivity contribution >= 4 is 0 Å². The predicted octanol–water partition coefficient (Wildman–Crippen LogP) is 2.41. The second kappa shape index (κ2) is 5.63. The molecular weight excluding hydrogens is 252 g/mol. The van der Waals surface area contributed by atoms with Gasteiger partial charge in [-0.15, -0.1) is 0 Å². The van der Waals surface area contributed by atoms with Gasteiger partial charge in [-0.3, -0.25) is 5.10 Å². The van der Waals surface area contributed by atoms with Gasteiger partial charge in [0.1, 0.15) is 11.6 Å². The molecule has 5 heteroatoms. The van der Waals surface area contributed by atoms with E-state index in [1.165, 1.54) is 25.7 Å². The van der Waals surface area contributed by atoms with Gasteiger partial charge >= 0.3 is 0 Å². The van der Waals surface area contributed by atoms with E-state index in [2.05, 4.69) is 15.2 Å². The second-order valence-electron chi connectivity index (χ2n) is 5.54. The Morgan fingerprint density at radius 2 is 1.95 bits per heavy atom. The third-order valence-corrected chi connectivity index (χ3v) is 3.99. The first-order chi connectivity index (χ1) is 9.72. The first-order valence-electron chi connectivity index (χ1n) is 7.18. The van der Waals surface area contributed by atoms with Crippen LogP contribution in [0.25, 0.3) is 0 Å². The van der Waals surface area contributed by atoms with Crippen molar-refractivity contribution in [2.45, 2.75) is 44.1 Å². The molecule has 3 rings (SSSR count). The Kier molecular flexibility index (Phi) is 3.69. The van der Waals surface area contributed by atoms with Crippen LogP contribution in [-0.4, -0.2) is 20.3 Å². The fourth-order valence-electron chi connectivity index (χ4n) is 2.81. The van der Waals surface area contributed by atoms with Gasteiger partial charge in [-0.25, -0.2) is 4.98 Å². The number of rotatable bonds is 4. The summed E-state index contributed by atoms with van der Waals surface area (Å²) in [5, 5.41) is 16.6. The summed E-state index contributed by atoms with van der Waals surface area (Å²) in [7, 11) is 0. The fraction of sp³-hybridized carbons (Fsp3) is 0.467. The van der Waals surface area contributed by atoms with Crippen LogP contribution in [0, 0.1) is 0 Å². The van der Waals surface area contributed by atoms with Crippen molar-refractivity contribution in [1.29, 1.82) is 0 Å². The number of H-pyrrole nitrogens is 1. The summed E-state index contributed by atoms with van der Waals surface area (Å²) < 4.78 is 0. The molecule has 0 saturated heterocycles. The number of aromatic amines is 1. The molecule has 1 aromatic carbocycles. The topological polar surface area (TPSA) is 87.8 Å². The number of nitrogens with zero attached hydrogens (tertiary/aromatic N) is 2. The molecule has 1 aliphatic rings. The number of aromatic hydroxyl groups is 1. The molecule has 0 spiro atoms. The third kappa shape index (κ3) is 2.82. The zero-order chi connectivity index (χ0) is 13.9. The standard InChI is InChI=1S/C15H20N4O/c16-13(9-10-5-7-12(20)8-6-10)15-17-14(18-19-15)11-3-1-2-4-11/h5-8,11,13,20H,1-4,9,16H2,(H,17,18,19)/t13-/m1/s1. The van der Waals surface area contributed by atoms with Gasteiger partial charge in [-0.05, 0) is 37.0 Å². The van der Waals surface area contributed by atoms with Crippen LogP contribution in [0.15, 0.2) is 24.3 Å². The Labute approximate surface area is 118 Å². The normalized spacial score (nSPS) is 17.4. The maximum absolute atomic E-state index is 9.27. The van der Waals surface area contributed by atoms with Gasteiger partial charge in [0.15, 0.2) is 5.82 Å². The molecule has 0 aliphatic heterocycles. The Morgan fingerprint density at radius 1 is 1.25 bits per heavy atom. The molecule has 5 nitrogen and oxygen atoms in total. The first kappa shape index (κ1) is 13.1. The van der Waals surface area contributed by atoms with E-state index in [9.17, 15) is 5.11 Å². The van der Waals surface area contributed by atoms with E-state index in [0.29, 0.717) is 18.2 Å². The lowest BCUT2D eigenvalue weighted by atomic mass is 10.1. The Balaban J connectivity index is 1.67. The van der Waals surface area contributed by atoms with Crippen LogP contribution in [-0.2, 0) is 6.42 Å². The summed E-state index contributed by atoms with van der Waals surface area (Å²) in [5.41, 5.74) is 7.24. The van der Waals surface area contributed by atoms with E-state index >= 15 is 0 Å². The molecule has 106 valence electrons. The third-order valence-electron chi connectivity index (χ3n) is 3.99. The number of hydrogen-bond donors (Lipinski definition) is 3. The smallest absolute Gasteiger partial charge is 0.167 e. The van der Waals surface area contributed by atoms with Crippen molar-refractivity contribution in [2.24, 2.45) is 5.73 Å². The molecule has 2 aromatic rings. The molecule has 1 atom stereocenters. The molecule has 0 amide bonds. The van der Waals surface area contributed by atoms with Crippen molar-refractivity contribution < 1.29 is 5.11 Å². The van der Waals surface area contributed by atoms with Crippen LogP contribution in [0.3, 0.4) is 0 Å². The number of phenolic OH excluding ortho intramolecular Hbond substituents is 1. The first-order valence-corrected chi connectivity index (χ1v) is 7.18. The van der Waals surface area contributed by atoms with Gasteiger partial charge in [-0.2, -0.15) is 5.10 Å². The molecule has 0 radical (unpaired) electrons. The van der Waals surface area contributed by atoms with Crippen LogP contribution in [0.2, 0.25) is 0 Å². The van der Waals surface area contributed by atoms with Gasteiger partial charge in [0.2, 0.25) is 0 Å². The van der Waals surface area contributed by atoms with Crippen LogP contribution < -0.4 is 5.73 Å². The number of nitrogens with two attached hydrogens (primary N) is 1. The number of nitrogens with one attached hydrogen (secondary N) is 1. The SMILES string of the molecule is N[C@H](Cc1ccc(O)cc1)c1n[nH]c(C2CCCC2)n1. The summed E-state index contributed by atoms with van der Waals surface area (Å²) in [4.78, 5) is 4.56. The summed E-state index contributed by atoms with van der Waals surface area (Å²) in [6, 6.07) is 6.87. The lowest BCUT2D eigenvalue weighted by Gasteiger charge is -2.08. The summed E-state index contributed by atoms with van der Waals surface area (Å²) in [6.45, 7) is 0. The average molecular weight is 272 g/mol. The molecule has 1 aliphatic carbocycles. The number of aromatic nitrogens is 3. The summed E-state index contributed by atoms with van der Waals surface area (Å²) >= 11 is 0. The van der Waals surface area contributed by atoms with Crippen molar-refractivity contribution in [1.82, 2.24) is 15.2 Å². The van der Waals surface area contributed by atoms with E-state index in [-0.39, 0.29) is 11.8 Å². The van der Waals surface area contributed by atoms with Crippen LogP contribution >= 0.6 is 0 Å². The van der Waals surface area contributed by atoms with Gasteiger partial charge in [0.25, 0.3) is 0 Å². The minimum absolute atomic E-state index is 0.217. The highest BCUT2D eigenvalue weighted by Crippen LogP contribution is 2.32. The average Bonchev–Trinajstić information content (AvgIpc) is 3.11. The zero-order valence-electron chi connectivity index (χ0n) is 11.4. The Morgan fingerprint density at radius 3 is 2.65 bits per heavy atom. The summed E-state index contributed by atoms with van der Waals surface area (Å²) in [5.74, 6) is 2.46. The number of phenols is 1. The monoisotopic (exact) mass is 272 g/mol. The summed E-state index contributed by atoms with van der Waals surface area (Å²) in [6.07, 6.45) is 5.62. The highest BCUT2D eigenvalue weighted by molar-refractivity contribution is 5.26. The maximum atomic E-state index is 9.27. The van der Waals surface area contributed by atoms with Crippen molar-refractivity contribution in [3.8, 4) is 5.75 Å². The van der Waals surface area contributed by atoms with Crippen LogP contribution in [0.1, 0.15) is 54.9 Å². The molecular formula is C15H20N4O. The van der Waals surface area contributed by atoms with E-state index in [1.807, 2.05) is 12.1 Å². The van der Waals surface area contributed by atoms with Gasteiger partial charge < -0.3 is 10.8 Å². The minimum atomic E-state index is -0.217. The molecule has 1 aromatic heterocycles. The highest BCUT2D eigenvalue weighted by atomic mass is 16.3. The quantitative estimate of drug-likeness (QED) is 0.797. The molecule has 0 bridgehead atoms. The van der Waals surface area contributed by atoms with E-state index in [4.69, 9.17) is 5.73 Å². The molecule has 1 fully saturated rings. The molecule has 20 heavy (non-hydrogen) atoms. The van der Waals surface area contributed by atoms with Crippen LogP contribution in [0.5, 0.6) is 5.75 Å². The lowest BCUT2D eigenvalue weighted by molar-refractivity contribution is 0.475. The maximum Gasteiger partial charge on any atom is 0.167 e. The van der Waals surface area contributed by atoms with E-state index < -0.39 is 0 Å². The van der Waals surface area contributed by atoms with Gasteiger partial charge in [-0.1, -0.05) is 25.0 Å². The largest absolute Gasteiger partial charge is 0.508 e. The molecule has 4 N–H and O–H groups in total. The van der Waals surface area contributed by atoms with Crippen molar-refractivity contribution in [2.75, 3.05) is 0 Å². The zero-order valence-corrected chi connectivity index (χ0v) is 11.4. The lowest BCUT2D eigenvalue weighted by Crippen LogP contribution is -2.15. The van der Waals surface area contributed by atoms with E-state index in [1.54, 1.807) is 12.1 Å². The number of benzene rings is 1. The minimum Gasteiger partial charge on any atom is -0.508 e. The molecule has 1 saturated carbocycles. The predicted molar refractivity (Wildman–Crippen MR) is 76.3 cm³/mol. The molecule has 0 unspecified atom stereocenters. The van der Waals surface area contributed by atoms with Crippen molar-refractivity contribution in [3.05, 3.63) is 41.5 Å². The number of hydrogen-bond acceptors (Lipinski definition) is 4. The van der Waals surface area contributed by atoms with Gasteiger partial charge in [0, 0.05) is 5.92 Å². The Hall–Kier alpha value is -1.88. The van der Waals surface area contributed by atoms with Gasteiger partial charge in [0.05, 0.1) is 6.04 Å². The second-order valence-corrected chi connectivity index (χ2v) is 5.54.